The van der Waals surface area contributed by atoms with Crippen molar-refractivity contribution in [3.8, 4) is 11.5 Å². The molecule has 3 nitrogen and oxygen atoms in total. The lowest BCUT2D eigenvalue weighted by Gasteiger charge is -2.09. The van der Waals surface area contributed by atoms with Crippen LogP contribution in [0.15, 0.2) is 18.2 Å². The monoisotopic (exact) mass is 181 g/mol. The number of aromatic hydroxyl groups is 1. The van der Waals surface area contributed by atoms with Crippen LogP contribution in [-0.2, 0) is 6.42 Å². The number of hydrogen-bond donors (Lipinski definition) is 2. The molecule has 3 N–H and O–H groups in total. The summed E-state index contributed by atoms with van der Waals surface area (Å²) in [6.45, 7) is 1.90. The van der Waals surface area contributed by atoms with Crippen molar-refractivity contribution in [3.63, 3.8) is 0 Å². The second kappa shape index (κ2) is 4.14. The molecule has 0 aliphatic heterocycles. The van der Waals surface area contributed by atoms with Crippen molar-refractivity contribution < 1.29 is 9.84 Å². The third-order valence-electron chi connectivity index (χ3n) is 1.83. The molecule has 13 heavy (non-hydrogen) atoms. The fourth-order valence-corrected chi connectivity index (χ4v) is 1.20. The highest BCUT2D eigenvalue weighted by molar-refractivity contribution is 5.39. The average Bonchev–Trinajstić information content (AvgIpc) is 2.08. The first-order valence-corrected chi connectivity index (χ1v) is 4.25. The van der Waals surface area contributed by atoms with E-state index in [2.05, 4.69) is 0 Å². The SMILES string of the molecule is COc1ccc(O)c(CC(C)N)c1. The van der Waals surface area contributed by atoms with E-state index in [1.54, 1.807) is 25.3 Å². The van der Waals surface area contributed by atoms with Gasteiger partial charge in [-0.05, 0) is 37.1 Å². The number of methoxy groups -OCH3 is 1. The first kappa shape index (κ1) is 9.86. The number of benzene rings is 1. The molecule has 1 aromatic rings. The number of rotatable bonds is 3. The minimum Gasteiger partial charge on any atom is -0.508 e. The van der Waals surface area contributed by atoms with Gasteiger partial charge in [0.15, 0.2) is 0 Å². The molecule has 0 aliphatic carbocycles. The van der Waals surface area contributed by atoms with E-state index in [-0.39, 0.29) is 11.8 Å². The van der Waals surface area contributed by atoms with Crippen LogP contribution in [0, 0.1) is 0 Å². The molecule has 0 aromatic heterocycles. The predicted molar refractivity (Wildman–Crippen MR) is 52.0 cm³/mol. The quantitative estimate of drug-likeness (QED) is 0.738. The summed E-state index contributed by atoms with van der Waals surface area (Å²) >= 11 is 0. The van der Waals surface area contributed by atoms with Gasteiger partial charge in [0.2, 0.25) is 0 Å². The number of hydrogen-bond acceptors (Lipinski definition) is 3. The van der Waals surface area contributed by atoms with Crippen molar-refractivity contribution in [2.24, 2.45) is 5.73 Å². The summed E-state index contributed by atoms with van der Waals surface area (Å²) in [5.74, 6) is 1.02. The van der Waals surface area contributed by atoms with E-state index in [1.807, 2.05) is 6.92 Å². The van der Waals surface area contributed by atoms with E-state index in [1.165, 1.54) is 0 Å². The van der Waals surface area contributed by atoms with Crippen LogP contribution in [0.2, 0.25) is 0 Å². The fourth-order valence-electron chi connectivity index (χ4n) is 1.20. The summed E-state index contributed by atoms with van der Waals surface area (Å²) in [6.07, 6.45) is 0.656. The molecular weight excluding hydrogens is 166 g/mol. The third kappa shape index (κ3) is 2.63. The molecule has 0 heterocycles. The highest BCUT2D eigenvalue weighted by Gasteiger charge is 2.05. The van der Waals surface area contributed by atoms with E-state index in [9.17, 15) is 5.11 Å². The zero-order chi connectivity index (χ0) is 9.84. The molecule has 0 fully saturated rings. The molecule has 0 amide bonds. The molecule has 0 spiro atoms. The van der Waals surface area contributed by atoms with Crippen LogP contribution in [0.25, 0.3) is 0 Å². The molecule has 1 unspecified atom stereocenters. The predicted octanol–water partition coefficient (Wildman–Crippen LogP) is 1.29. The number of phenols is 1. The van der Waals surface area contributed by atoms with Crippen LogP contribution in [0.1, 0.15) is 12.5 Å². The van der Waals surface area contributed by atoms with Crippen molar-refractivity contribution in [3.05, 3.63) is 23.8 Å². The molecule has 0 saturated carbocycles. The van der Waals surface area contributed by atoms with Gasteiger partial charge < -0.3 is 15.6 Å². The van der Waals surface area contributed by atoms with Crippen LogP contribution in [0.3, 0.4) is 0 Å². The van der Waals surface area contributed by atoms with Gasteiger partial charge in [-0.2, -0.15) is 0 Å². The summed E-state index contributed by atoms with van der Waals surface area (Å²) < 4.78 is 5.04. The van der Waals surface area contributed by atoms with Gasteiger partial charge >= 0.3 is 0 Å². The van der Waals surface area contributed by atoms with Crippen molar-refractivity contribution in [1.29, 1.82) is 0 Å². The number of phenolic OH excluding ortho intramolecular Hbond substituents is 1. The molecular formula is C10H15NO2. The largest absolute Gasteiger partial charge is 0.508 e. The Morgan fingerprint density at radius 3 is 2.77 bits per heavy atom. The first-order valence-electron chi connectivity index (χ1n) is 4.25. The minimum atomic E-state index is 0.0398. The van der Waals surface area contributed by atoms with Gasteiger partial charge in [0.1, 0.15) is 11.5 Å². The van der Waals surface area contributed by atoms with Crippen molar-refractivity contribution in [1.82, 2.24) is 0 Å². The lowest BCUT2D eigenvalue weighted by atomic mass is 10.1. The second-order valence-corrected chi connectivity index (χ2v) is 3.18. The van der Waals surface area contributed by atoms with Gasteiger partial charge in [-0.1, -0.05) is 0 Å². The maximum absolute atomic E-state index is 9.47. The topological polar surface area (TPSA) is 55.5 Å². The molecule has 0 radical (unpaired) electrons. The molecule has 72 valence electrons. The maximum atomic E-state index is 9.47. The third-order valence-corrected chi connectivity index (χ3v) is 1.83. The normalized spacial score (nSPS) is 12.5. The van der Waals surface area contributed by atoms with Gasteiger partial charge in [-0.25, -0.2) is 0 Å². The smallest absolute Gasteiger partial charge is 0.119 e. The van der Waals surface area contributed by atoms with Gasteiger partial charge in [0.05, 0.1) is 7.11 Å². The Balaban J connectivity index is 2.90. The van der Waals surface area contributed by atoms with E-state index in [0.29, 0.717) is 6.42 Å². The molecule has 0 aliphatic rings. The van der Waals surface area contributed by atoms with Crippen molar-refractivity contribution >= 4 is 0 Å². The van der Waals surface area contributed by atoms with Crippen LogP contribution >= 0.6 is 0 Å². The molecule has 0 bridgehead atoms. The van der Waals surface area contributed by atoms with E-state index >= 15 is 0 Å². The highest BCUT2D eigenvalue weighted by Crippen LogP contribution is 2.23. The maximum Gasteiger partial charge on any atom is 0.119 e. The molecule has 1 atom stereocenters. The fraction of sp³-hybridized carbons (Fsp3) is 0.400. The molecule has 0 saturated heterocycles. The molecule has 1 rings (SSSR count). The number of ether oxygens (including phenoxy) is 1. The Morgan fingerprint density at radius 1 is 1.54 bits per heavy atom. The Kier molecular flexibility index (Phi) is 3.14. The lowest BCUT2D eigenvalue weighted by Crippen LogP contribution is -2.17. The number of nitrogens with two attached hydrogens (primary N) is 1. The Labute approximate surface area is 78.1 Å². The van der Waals surface area contributed by atoms with Gasteiger partial charge in [0.25, 0.3) is 0 Å². The summed E-state index contributed by atoms with van der Waals surface area (Å²) in [5, 5.41) is 9.47. The highest BCUT2D eigenvalue weighted by atomic mass is 16.5. The summed E-state index contributed by atoms with van der Waals surface area (Å²) in [7, 11) is 1.60. The minimum absolute atomic E-state index is 0.0398. The zero-order valence-electron chi connectivity index (χ0n) is 7.95. The van der Waals surface area contributed by atoms with Gasteiger partial charge in [-0.3, -0.25) is 0 Å². The molecule has 3 heteroatoms. The van der Waals surface area contributed by atoms with E-state index < -0.39 is 0 Å². The second-order valence-electron chi connectivity index (χ2n) is 3.18. The average molecular weight is 181 g/mol. The van der Waals surface area contributed by atoms with Crippen LogP contribution in [-0.4, -0.2) is 18.3 Å². The Morgan fingerprint density at radius 2 is 2.23 bits per heavy atom. The van der Waals surface area contributed by atoms with E-state index in [4.69, 9.17) is 10.5 Å². The Bertz CT molecular complexity index is 284. The van der Waals surface area contributed by atoms with Gasteiger partial charge in [0, 0.05) is 6.04 Å². The van der Waals surface area contributed by atoms with Crippen LogP contribution < -0.4 is 10.5 Å². The summed E-state index contributed by atoms with van der Waals surface area (Å²) in [4.78, 5) is 0. The standard InChI is InChI=1S/C10H15NO2/c1-7(11)5-8-6-9(13-2)3-4-10(8)12/h3-4,6-7,12H,5,11H2,1-2H3. The zero-order valence-corrected chi connectivity index (χ0v) is 7.95. The molecule has 1 aromatic carbocycles. The summed E-state index contributed by atoms with van der Waals surface area (Å²) in [5.41, 5.74) is 6.46. The summed E-state index contributed by atoms with van der Waals surface area (Å²) in [6, 6.07) is 5.19. The van der Waals surface area contributed by atoms with Gasteiger partial charge in [-0.15, -0.1) is 0 Å². The van der Waals surface area contributed by atoms with Crippen molar-refractivity contribution in [2.75, 3.05) is 7.11 Å². The van der Waals surface area contributed by atoms with Crippen molar-refractivity contribution in [2.45, 2.75) is 19.4 Å². The van der Waals surface area contributed by atoms with Crippen LogP contribution in [0.5, 0.6) is 11.5 Å². The first-order chi connectivity index (χ1) is 6.13. The lowest BCUT2D eigenvalue weighted by molar-refractivity contribution is 0.410. The Hall–Kier alpha value is -1.22. The van der Waals surface area contributed by atoms with E-state index in [0.717, 1.165) is 11.3 Å². The van der Waals surface area contributed by atoms with Crippen LogP contribution in [0.4, 0.5) is 0 Å².